The molecule has 0 bridgehead atoms. The average molecular weight is 480 g/mol. The Morgan fingerprint density at radius 3 is 2.09 bits per heavy atom. The van der Waals surface area contributed by atoms with Crippen LogP contribution in [0.5, 0.6) is 11.5 Å². The molecule has 0 fully saturated rings. The predicted octanol–water partition coefficient (Wildman–Crippen LogP) is 8.43. The standard InChI is InChI=1S/C31H45NO3/c1-4-7-10-11-12-13-24-35-28-19-20-29(31(34)25-28)30(33)21-16-26-14-17-27(18-15-26)32(22-8-5-2)23-9-6-3/h14-21,25,34H,4-13,22-24H2,1-3H3/b21-16+. The normalized spacial score (nSPS) is 11.2. The van der Waals surface area contributed by atoms with E-state index in [9.17, 15) is 9.90 Å². The highest BCUT2D eigenvalue weighted by Gasteiger charge is 2.10. The molecule has 0 radical (unpaired) electrons. The second-order valence-electron chi connectivity index (χ2n) is 9.28. The number of rotatable bonds is 18. The van der Waals surface area contributed by atoms with Crippen molar-refractivity contribution in [3.8, 4) is 11.5 Å². The average Bonchev–Trinajstić information content (AvgIpc) is 2.87. The van der Waals surface area contributed by atoms with Crippen molar-refractivity contribution in [1.82, 2.24) is 0 Å². The molecule has 0 aliphatic rings. The van der Waals surface area contributed by atoms with Crippen LogP contribution in [0.2, 0.25) is 0 Å². The topological polar surface area (TPSA) is 49.8 Å². The summed E-state index contributed by atoms with van der Waals surface area (Å²) in [6, 6.07) is 13.3. The molecule has 1 N–H and O–H groups in total. The number of allylic oxidation sites excluding steroid dienone is 1. The lowest BCUT2D eigenvalue weighted by atomic mass is 10.1. The smallest absolute Gasteiger partial charge is 0.189 e. The molecule has 4 nitrogen and oxygen atoms in total. The van der Waals surface area contributed by atoms with Crippen molar-refractivity contribution in [2.24, 2.45) is 0 Å². The van der Waals surface area contributed by atoms with Crippen LogP contribution < -0.4 is 9.64 Å². The highest BCUT2D eigenvalue weighted by molar-refractivity contribution is 6.08. The lowest BCUT2D eigenvalue weighted by Gasteiger charge is -2.24. The Bertz CT molecular complexity index is 881. The van der Waals surface area contributed by atoms with Crippen LogP contribution in [-0.4, -0.2) is 30.6 Å². The Hall–Kier alpha value is -2.75. The number of anilines is 1. The molecule has 192 valence electrons. The summed E-state index contributed by atoms with van der Waals surface area (Å²) in [5, 5.41) is 10.4. The summed E-state index contributed by atoms with van der Waals surface area (Å²) in [6.45, 7) is 9.43. The van der Waals surface area contributed by atoms with Gasteiger partial charge in [-0.05, 0) is 55.2 Å². The SMILES string of the molecule is CCCCCCCCOc1ccc(C(=O)/C=C/c2ccc(N(CCCC)CCCC)cc2)c(O)c1. The number of phenols is 1. The fourth-order valence-electron chi connectivity index (χ4n) is 4.01. The number of aromatic hydroxyl groups is 1. The van der Waals surface area contributed by atoms with E-state index in [1.54, 1.807) is 18.2 Å². The third kappa shape index (κ3) is 10.6. The lowest BCUT2D eigenvalue weighted by Crippen LogP contribution is -2.25. The van der Waals surface area contributed by atoms with Gasteiger partial charge in [-0.3, -0.25) is 4.79 Å². The lowest BCUT2D eigenvalue weighted by molar-refractivity contribution is 0.104. The first kappa shape index (κ1) is 28.5. The molecule has 0 heterocycles. The number of nitrogens with zero attached hydrogens (tertiary/aromatic N) is 1. The Labute approximate surface area is 213 Å². The Morgan fingerprint density at radius 1 is 0.829 bits per heavy atom. The molecular formula is C31H45NO3. The zero-order valence-electron chi connectivity index (χ0n) is 22.1. The van der Waals surface area contributed by atoms with Gasteiger partial charge in [-0.2, -0.15) is 0 Å². The molecule has 2 aromatic carbocycles. The highest BCUT2D eigenvalue weighted by atomic mass is 16.5. The van der Waals surface area contributed by atoms with E-state index in [2.05, 4.69) is 37.8 Å². The van der Waals surface area contributed by atoms with Gasteiger partial charge in [0.25, 0.3) is 0 Å². The maximum Gasteiger partial charge on any atom is 0.189 e. The molecule has 0 unspecified atom stereocenters. The molecule has 2 rings (SSSR count). The Morgan fingerprint density at radius 2 is 1.46 bits per heavy atom. The summed E-state index contributed by atoms with van der Waals surface area (Å²) < 4.78 is 5.74. The van der Waals surface area contributed by atoms with E-state index in [0.717, 1.165) is 31.5 Å². The number of carbonyl (C=O) groups excluding carboxylic acids is 1. The van der Waals surface area contributed by atoms with Gasteiger partial charge < -0.3 is 14.7 Å². The maximum atomic E-state index is 12.7. The fourth-order valence-corrected chi connectivity index (χ4v) is 4.01. The minimum Gasteiger partial charge on any atom is -0.507 e. The zero-order chi connectivity index (χ0) is 25.3. The van der Waals surface area contributed by atoms with Gasteiger partial charge in [0, 0.05) is 24.8 Å². The van der Waals surface area contributed by atoms with Crippen molar-refractivity contribution in [2.75, 3.05) is 24.6 Å². The summed E-state index contributed by atoms with van der Waals surface area (Å²) in [5.74, 6) is 0.336. The van der Waals surface area contributed by atoms with E-state index in [4.69, 9.17) is 4.74 Å². The number of ether oxygens (including phenoxy) is 1. The van der Waals surface area contributed by atoms with Crippen LogP contribution in [0.1, 0.15) is 101 Å². The van der Waals surface area contributed by atoms with Gasteiger partial charge >= 0.3 is 0 Å². The molecule has 0 aliphatic heterocycles. The number of carbonyl (C=O) groups is 1. The largest absolute Gasteiger partial charge is 0.507 e. The number of hydrogen-bond acceptors (Lipinski definition) is 4. The number of ketones is 1. The molecule has 0 saturated heterocycles. The van der Waals surface area contributed by atoms with Gasteiger partial charge in [-0.1, -0.05) is 83.9 Å². The first-order chi connectivity index (χ1) is 17.1. The molecule has 2 aromatic rings. The molecule has 0 aromatic heterocycles. The fraction of sp³-hybridized carbons (Fsp3) is 0.516. The minimum atomic E-state index is -0.221. The van der Waals surface area contributed by atoms with Crippen LogP contribution in [0, 0.1) is 0 Å². The van der Waals surface area contributed by atoms with Crippen LogP contribution in [0.3, 0.4) is 0 Å². The van der Waals surface area contributed by atoms with Crippen LogP contribution in [-0.2, 0) is 0 Å². The molecular weight excluding hydrogens is 434 g/mol. The quantitative estimate of drug-likeness (QED) is 0.132. The van der Waals surface area contributed by atoms with Crippen LogP contribution >= 0.6 is 0 Å². The first-order valence-electron chi connectivity index (χ1n) is 13.6. The summed E-state index contributed by atoms with van der Waals surface area (Å²) in [7, 11) is 0. The molecule has 35 heavy (non-hydrogen) atoms. The molecule has 0 aliphatic carbocycles. The van der Waals surface area contributed by atoms with Crippen molar-refractivity contribution in [2.45, 2.75) is 85.0 Å². The van der Waals surface area contributed by atoms with Gasteiger partial charge in [-0.15, -0.1) is 0 Å². The van der Waals surface area contributed by atoms with Crippen molar-refractivity contribution in [3.63, 3.8) is 0 Å². The summed E-state index contributed by atoms with van der Waals surface area (Å²) in [5.41, 5.74) is 2.48. The van der Waals surface area contributed by atoms with E-state index in [-0.39, 0.29) is 17.1 Å². The monoisotopic (exact) mass is 479 g/mol. The molecule has 4 heteroatoms. The maximum absolute atomic E-state index is 12.7. The van der Waals surface area contributed by atoms with Crippen LogP contribution in [0.25, 0.3) is 6.08 Å². The number of phenolic OH excluding ortho intramolecular Hbond substituents is 1. The zero-order valence-corrected chi connectivity index (χ0v) is 22.1. The summed E-state index contributed by atoms with van der Waals surface area (Å²) in [4.78, 5) is 15.1. The van der Waals surface area contributed by atoms with Crippen molar-refractivity contribution in [3.05, 3.63) is 59.7 Å². The third-order valence-electron chi connectivity index (χ3n) is 6.25. The summed E-state index contributed by atoms with van der Waals surface area (Å²) >= 11 is 0. The molecule has 0 saturated carbocycles. The molecule has 0 amide bonds. The third-order valence-corrected chi connectivity index (χ3v) is 6.25. The Kier molecular flexibility index (Phi) is 13.7. The number of benzene rings is 2. The minimum absolute atomic E-state index is 0.0436. The van der Waals surface area contributed by atoms with E-state index in [1.807, 2.05) is 12.1 Å². The second kappa shape index (κ2) is 16.8. The highest BCUT2D eigenvalue weighted by Crippen LogP contribution is 2.25. The van der Waals surface area contributed by atoms with Crippen molar-refractivity contribution < 1.29 is 14.6 Å². The van der Waals surface area contributed by atoms with Gasteiger partial charge in [0.2, 0.25) is 0 Å². The van der Waals surface area contributed by atoms with Crippen molar-refractivity contribution >= 4 is 17.5 Å². The predicted molar refractivity (Wildman–Crippen MR) is 149 cm³/mol. The first-order valence-corrected chi connectivity index (χ1v) is 13.6. The van der Waals surface area contributed by atoms with Crippen molar-refractivity contribution in [1.29, 1.82) is 0 Å². The van der Waals surface area contributed by atoms with Crippen LogP contribution in [0.4, 0.5) is 5.69 Å². The van der Waals surface area contributed by atoms with E-state index >= 15 is 0 Å². The van der Waals surface area contributed by atoms with E-state index in [1.165, 1.54) is 69.2 Å². The second-order valence-corrected chi connectivity index (χ2v) is 9.28. The molecule has 0 atom stereocenters. The van der Waals surface area contributed by atoms with Gasteiger partial charge in [0.05, 0.1) is 12.2 Å². The molecule has 0 spiro atoms. The van der Waals surface area contributed by atoms with Gasteiger partial charge in [0.15, 0.2) is 5.78 Å². The van der Waals surface area contributed by atoms with Crippen LogP contribution in [0.15, 0.2) is 48.5 Å². The summed E-state index contributed by atoms with van der Waals surface area (Å²) in [6.07, 6.45) is 15.3. The van der Waals surface area contributed by atoms with Gasteiger partial charge in [-0.25, -0.2) is 0 Å². The van der Waals surface area contributed by atoms with E-state index in [0.29, 0.717) is 12.4 Å². The number of hydrogen-bond donors (Lipinski definition) is 1. The number of unbranched alkanes of at least 4 members (excludes halogenated alkanes) is 7. The van der Waals surface area contributed by atoms with Gasteiger partial charge in [0.1, 0.15) is 11.5 Å². The van der Waals surface area contributed by atoms with E-state index < -0.39 is 0 Å². The Balaban J connectivity index is 1.89.